The number of carbonyl (C=O) groups is 1. The van der Waals surface area contributed by atoms with Crippen LogP contribution in [0.1, 0.15) is 18.1 Å². The Bertz CT molecular complexity index is 751. The highest BCUT2D eigenvalue weighted by molar-refractivity contribution is 5.74. The zero-order valence-electron chi connectivity index (χ0n) is 14.3. The van der Waals surface area contributed by atoms with Gasteiger partial charge in [0.1, 0.15) is 0 Å². The fourth-order valence-corrected chi connectivity index (χ4v) is 2.66. The van der Waals surface area contributed by atoms with Crippen LogP contribution in [-0.4, -0.2) is 36.4 Å². The van der Waals surface area contributed by atoms with Gasteiger partial charge in [-0.05, 0) is 30.7 Å². The molecular weight excluding hydrogens is 322 g/mol. The quantitative estimate of drug-likeness (QED) is 0.873. The highest BCUT2D eigenvalue weighted by Crippen LogP contribution is 2.33. The molecule has 7 heteroatoms. The first kappa shape index (κ1) is 16.9. The van der Waals surface area contributed by atoms with E-state index in [-0.39, 0.29) is 12.8 Å². The monoisotopic (exact) mass is 343 g/mol. The Hall–Kier alpha value is -2.96. The predicted molar refractivity (Wildman–Crippen MR) is 91.7 cm³/mol. The molecule has 132 valence electrons. The van der Waals surface area contributed by atoms with Crippen LogP contribution in [0.15, 0.2) is 36.5 Å². The molecule has 0 aliphatic carbocycles. The molecule has 1 aromatic carbocycles. The first-order valence-electron chi connectivity index (χ1n) is 8.10. The lowest BCUT2D eigenvalue weighted by molar-refractivity contribution is 0.173. The van der Waals surface area contributed by atoms with Gasteiger partial charge in [-0.3, -0.25) is 0 Å². The molecule has 1 aliphatic rings. The molecule has 3 rings (SSSR count). The van der Waals surface area contributed by atoms with Crippen LogP contribution in [0, 0.1) is 0 Å². The van der Waals surface area contributed by atoms with Gasteiger partial charge in [0.25, 0.3) is 0 Å². The molecule has 0 radical (unpaired) electrons. The number of urea groups is 1. The van der Waals surface area contributed by atoms with E-state index < -0.39 is 0 Å². The van der Waals surface area contributed by atoms with Gasteiger partial charge in [-0.1, -0.05) is 12.1 Å². The number of rotatable bonds is 6. The summed E-state index contributed by atoms with van der Waals surface area (Å²) in [7, 11) is 1.57. The lowest BCUT2D eigenvalue weighted by Crippen LogP contribution is -2.39. The zero-order valence-corrected chi connectivity index (χ0v) is 14.3. The van der Waals surface area contributed by atoms with E-state index in [0.717, 1.165) is 16.9 Å². The average Bonchev–Trinajstić information content (AvgIpc) is 3.09. The van der Waals surface area contributed by atoms with E-state index in [1.807, 2.05) is 37.3 Å². The van der Waals surface area contributed by atoms with Crippen LogP contribution in [0.4, 0.5) is 4.79 Å². The van der Waals surface area contributed by atoms with Crippen molar-refractivity contribution >= 4 is 6.03 Å². The molecule has 2 heterocycles. The summed E-state index contributed by atoms with van der Waals surface area (Å²) in [6.07, 6.45) is 1.66. The van der Waals surface area contributed by atoms with Crippen molar-refractivity contribution in [3.63, 3.8) is 0 Å². The Morgan fingerprint density at radius 1 is 1.28 bits per heavy atom. The molecular formula is C18H21N3O4. The summed E-state index contributed by atoms with van der Waals surface area (Å²) in [5.41, 5.74) is 1.80. The van der Waals surface area contributed by atoms with E-state index in [0.29, 0.717) is 31.3 Å². The van der Waals surface area contributed by atoms with Crippen LogP contribution < -0.4 is 19.5 Å². The fourth-order valence-electron chi connectivity index (χ4n) is 2.66. The summed E-state index contributed by atoms with van der Waals surface area (Å²) in [5, 5.41) is 2.85. The first-order valence-corrected chi connectivity index (χ1v) is 8.10. The van der Waals surface area contributed by atoms with Crippen molar-refractivity contribution in [2.45, 2.75) is 20.0 Å². The largest absolute Gasteiger partial charge is 0.481 e. The normalized spacial score (nSPS) is 11.9. The summed E-state index contributed by atoms with van der Waals surface area (Å²) in [5.74, 6) is 1.94. The van der Waals surface area contributed by atoms with Crippen molar-refractivity contribution in [2.24, 2.45) is 0 Å². The number of fused-ring (bicyclic) bond motifs is 1. The number of methoxy groups -OCH3 is 1. The third kappa shape index (κ3) is 3.93. The van der Waals surface area contributed by atoms with Crippen LogP contribution in [0.5, 0.6) is 17.4 Å². The smallest absolute Gasteiger partial charge is 0.317 e. The molecule has 0 atom stereocenters. The number of hydrogen-bond donors (Lipinski definition) is 1. The molecule has 1 aromatic heterocycles. The highest BCUT2D eigenvalue weighted by Gasteiger charge is 2.19. The number of nitrogens with one attached hydrogen (secondary N) is 1. The standard InChI is InChI=1S/C18H21N3O4/c1-3-19-18(22)21(11-14-5-4-8-20-17(14)23-2)10-13-6-7-15-16(9-13)25-12-24-15/h4-9H,3,10-12H2,1-2H3,(H,19,22). The number of nitrogens with zero attached hydrogens (tertiary/aromatic N) is 2. The van der Waals surface area contributed by atoms with Gasteiger partial charge in [0.15, 0.2) is 11.5 Å². The van der Waals surface area contributed by atoms with Gasteiger partial charge in [0, 0.05) is 24.8 Å². The van der Waals surface area contributed by atoms with Gasteiger partial charge >= 0.3 is 6.03 Å². The highest BCUT2D eigenvalue weighted by atomic mass is 16.7. The molecule has 2 amide bonds. The summed E-state index contributed by atoms with van der Waals surface area (Å²) >= 11 is 0. The van der Waals surface area contributed by atoms with Gasteiger partial charge in [0.2, 0.25) is 12.7 Å². The van der Waals surface area contributed by atoms with E-state index in [1.54, 1.807) is 18.2 Å². The van der Waals surface area contributed by atoms with Gasteiger partial charge in [-0.25, -0.2) is 9.78 Å². The van der Waals surface area contributed by atoms with Gasteiger partial charge in [0.05, 0.1) is 13.7 Å². The molecule has 1 aliphatic heterocycles. The molecule has 0 saturated carbocycles. The van der Waals surface area contributed by atoms with Crippen LogP contribution in [0.2, 0.25) is 0 Å². The number of ether oxygens (including phenoxy) is 3. The first-order chi connectivity index (χ1) is 12.2. The molecule has 0 saturated heterocycles. The third-order valence-corrected chi connectivity index (χ3v) is 3.83. The fraction of sp³-hybridized carbons (Fsp3) is 0.333. The minimum absolute atomic E-state index is 0.147. The summed E-state index contributed by atoms with van der Waals surface area (Å²) in [6, 6.07) is 9.27. The van der Waals surface area contributed by atoms with Crippen LogP contribution >= 0.6 is 0 Å². The van der Waals surface area contributed by atoms with Gasteiger partial charge < -0.3 is 24.4 Å². The van der Waals surface area contributed by atoms with Crippen LogP contribution in [0.3, 0.4) is 0 Å². The molecule has 0 unspecified atom stereocenters. The number of pyridine rings is 1. The molecule has 1 N–H and O–H groups in total. The van der Waals surface area contributed by atoms with Crippen molar-refractivity contribution in [1.29, 1.82) is 0 Å². The molecule has 2 aromatic rings. The van der Waals surface area contributed by atoms with Gasteiger partial charge in [-0.2, -0.15) is 0 Å². The molecule has 0 bridgehead atoms. The van der Waals surface area contributed by atoms with Crippen LogP contribution in [0.25, 0.3) is 0 Å². The maximum absolute atomic E-state index is 12.5. The second-order valence-corrected chi connectivity index (χ2v) is 5.55. The summed E-state index contributed by atoms with van der Waals surface area (Å²) < 4.78 is 16.0. The zero-order chi connectivity index (χ0) is 17.6. The lowest BCUT2D eigenvalue weighted by atomic mass is 10.1. The second-order valence-electron chi connectivity index (χ2n) is 5.55. The Kier molecular flexibility index (Phi) is 5.23. The van der Waals surface area contributed by atoms with E-state index in [4.69, 9.17) is 14.2 Å². The Balaban J connectivity index is 1.81. The second kappa shape index (κ2) is 7.74. The van der Waals surface area contributed by atoms with Crippen molar-refractivity contribution in [2.75, 3.05) is 20.4 Å². The van der Waals surface area contributed by atoms with E-state index in [1.165, 1.54) is 0 Å². The van der Waals surface area contributed by atoms with Crippen molar-refractivity contribution in [3.05, 3.63) is 47.7 Å². The van der Waals surface area contributed by atoms with Crippen molar-refractivity contribution in [1.82, 2.24) is 15.2 Å². The predicted octanol–water partition coefficient (Wildman–Crippen LogP) is 2.55. The number of hydrogen-bond acceptors (Lipinski definition) is 5. The Labute approximate surface area is 146 Å². The number of benzene rings is 1. The summed E-state index contributed by atoms with van der Waals surface area (Å²) in [6.45, 7) is 3.49. The molecule has 7 nitrogen and oxygen atoms in total. The minimum Gasteiger partial charge on any atom is -0.481 e. The Morgan fingerprint density at radius 2 is 2.12 bits per heavy atom. The van der Waals surface area contributed by atoms with Crippen LogP contribution in [-0.2, 0) is 13.1 Å². The minimum atomic E-state index is -0.147. The van der Waals surface area contributed by atoms with E-state index >= 15 is 0 Å². The van der Waals surface area contributed by atoms with E-state index in [9.17, 15) is 4.79 Å². The SMILES string of the molecule is CCNC(=O)N(Cc1ccc2c(c1)OCO2)Cc1cccnc1OC. The molecule has 0 fully saturated rings. The molecule has 25 heavy (non-hydrogen) atoms. The Morgan fingerprint density at radius 3 is 2.92 bits per heavy atom. The van der Waals surface area contributed by atoms with Crippen molar-refractivity contribution in [3.8, 4) is 17.4 Å². The third-order valence-electron chi connectivity index (χ3n) is 3.83. The lowest BCUT2D eigenvalue weighted by Gasteiger charge is -2.23. The number of aromatic nitrogens is 1. The topological polar surface area (TPSA) is 72.9 Å². The summed E-state index contributed by atoms with van der Waals surface area (Å²) in [4.78, 5) is 18.4. The molecule has 0 spiro atoms. The number of amides is 2. The maximum Gasteiger partial charge on any atom is 0.317 e. The van der Waals surface area contributed by atoms with E-state index in [2.05, 4.69) is 10.3 Å². The van der Waals surface area contributed by atoms with Crippen molar-refractivity contribution < 1.29 is 19.0 Å². The maximum atomic E-state index is 12.5. The number of carbonyl (C=O) groups excluding carboxylic acids is 1. The van der Waals surface area contributed by atoms with Gasteiger partial charge in [-0.15, -0.1) is 0 Å². The average molecular weight is 343 g/mol.